The Morgan fingerprint density at radius 2 is 1.89 bits per heavy atom. The fourth-order valence-electron chi connectivity index (χ4n) is 2.14. The van der Waals surface area contributed by atoms with E-state index in [9.17, 15) is 17.4 Å². The zero-order valence-corrected chi connectivity index (χ0v) is 19.5. The predicted octanol–water partition coefficient (Wildman–Crippen LogP) is 4.49. The van der Waals surface area contributed by atoms with E-state index in [1.165, 1.54) is 6.07 Å². The van der Waals surface area contributed by atoms with Gasteiger partial charge in [-0.2, -0.15) is 13.2 Å². The van der Waals surface area contributed by atoms with E-state index in [0.717, 1.165) is 12.1 Å². The average molecular weight is 519 g/mol. The first-order chi connectivity index (χ1) is 11.9. The molecule has 2 unspecified atom stereocenters. The second kappa shape index (κ2) is 11.2. The van der Waals surface area contributed by atoms with Crippen LogP contribution in [0.15, 0.2) is 29.3 Å². The van der Waals surface area contributed by atoms with Gasteiger partial charge >= 0.3 is 6.18 Å². The second-order valence-corrected chi connectivity index (χ2v) is 9.24. The van der Waals surface area contributed by atoms with Gasteiger partial charge in [-0.15, -0.1) is 24.0 Å². The Bertz CT molecular complexity index is 645. The van der Waals surface area contributed by atoms with Gasteiger partial charge in [-0.1, -0.05) is 12.1 Å². The molecule has 0 saturated carbocycles. The summed E-state index contributed by atoms with van der Waals surface area (Å²) in [5.41, 5.74) is -0.158. The van der Waals surface area contributed by atoms with Crippen LogP contribution in [0.5, 0.6) is 0 Å². The van der Waals surface area contributed by atoms with Crippen LogP contribution in [-0.2, 0) is 17.0 Å². The molecule has 0 heterocycles. The summed E-state index contributed by atoms with van der Waals surface area (Å²) in [6.45, 7) is 10.4. The van der Waals surface area contributed by atoms with Crippen molar-refractivity contribution in [1.29, 1.82) is 0 Å². The van der Waals surface area contributed by atoms with Crippen molar-refractivity contribution in [3.05, 3.63) is 35.4 Å². The lowest BCUT2D eigenvalue weighted by Gasteiger charge is -2.20. The summed E-state index contributed by atoms with van der Waals surface area (Å²) in [7, 11) is -1.01. The standard InChI is InChI=1S/C18H28F3N3OS.HI/c1-6-22-16(23-10-11-26(25)17(3,4)5)24-13(2)14-8-7-9-15(12-14)18(19,20)21;/h7-9,12-13H,6,10-11H2,1-5H3,(H2,22,23,24);1H. The molecule has 2 atom stereocenters. The van der Waals surface area contributed by atoms with E-state index in [-0.39, 0.29) is 34.8 Å². The molecule has 0 spiro atoms. The van der Waals surface area contributed by atoms with Gasteiger partial charge in [-0.05, 0) is 52.3 Å². The van der Waals surface area contributed by atoms with Crippen LogP contribution >= 0.6 is 24.0 Å². The fraction of sp³-hybridized carbons (Fsp3) is 0.611. The largest absolute Gasteiger partial charge is 0.416 e. The summed E-state index contributed by atoms with van der Waals surface area (Å²) in [5.74, 6) is 0.918. The molecule has 0 aliphatic heterocycles. The minimum atomic E-state index is -4.37. The Morgan fingerprint density at radius 1 is 1.26 bits per heavy atom. The maximum Gasteiger partial charge on any atom is 0.416 e. The van der Waals surface area contributed by atoms with Gasteiger partial charge in [0.25, 0.3) is 0 Å². The van der Waals surface area contributed by atoms with E-state index in [4.69, 9.17) is 0 Å². The molecule has 4 nitrogen and oxygen atoms in total. The van der Waals surface area contributed by atoms with Crippen molar-refractivity contribution in [3.63, 3.8) is 0 Å². The molecule has 0 amide bonds. The van der Waals surface area contributed by atoms with Gasteiger partial charge < -0.3 is 10.6 Å². The predicted molar refractivity (Wildman–Crippen MR) is 117 cm³/mol. The molecule has 156 valence electrons. The summed E-state index contributed by atoms with van der Waals surface area (Å²) in [6, 6.07) is 4.87. The average Bonchev–Trinajstić information content (AvgIpc) is 2.53. The number of benzene rings is 1. The van der Waals surface area contributed by atoms with Crippen molar-refractivity contribution in [2.75, 3.05) is 18.8 Å². The van der Waals surface area contributed by atoms with Crippen LogP contribution < -0.4 is 10.6 Å². The van der Waals surface area contributed by atoms with Crippen molar-refractivity contribution < 1.29 is 17.4 Å². The molecule has 0 aliphatic rings. The highest BCUT2D eigenvalue weighted by Gasteiger charge is 2.30. The molecule has 1 aromatic rings. The van der Waals surface area contributed by atoms with Crippen LogP contribution in [0.4, 0.5) is 13.2 Å². The summed E-state index contributed by atoms with van der Waals surface area (Å²) >= 11 is 0. The second-order valence-electron chi connectivity index (χ2n) is 6.91. The molecule has 0 saturated heterocycles. The normalized spacial score (nSPS) is 14.9. The third-order valence-electron chi connectivity index (χ3n) is 3.64. The molecule has 9 heteroatoms. The van der Waals surface area contributed by atoms with E-state index in [1.54, 1.807) is 13.0 Å². The van der Waals surface area contributed by atoms with Crippen molar-refractivity contribution >= 4 is 40.7 Å². The quantitative estimate of drug-likeness (QED) is 0.331. The maximum atomic E-state index is 12.9. The number of hydrogen-bond donors (Lipinski definition) is 2. The number of nitrogens with one attached hydrogen (secondary N) is 2. The minimum Gasteiger partial charge on any atom is -0.357 e. The molecular weight excluding hydrogens is 490 g/mol. The highest BCUT2D eigenvalue weighted by atomic mass is 127. The first-order valence-electron chi connectivity index (χ1n) is 8.55. The van der Waals surface area contributed by atoms with Gasteiger partial charge in [0.05, 0.1) is 18.2 Å². The van der Waals surface area contributed by atoms with E-state index < -0.39 is 22.5 Å². The molecule has 0 aromatic heterocycles. The first kappa shape index (κ1) is 26.2. The van der Waals surface area contributed by atoms with Crippen molar-refractivity contribution in [1.82, 2.24) is 10.6 Å². The van der Waals surface area contributed by atoms with E-state index >= 15 is 0 Å². The molecule has 2 N–H and O–H groups in total. The number of alkyl halides is 3. The Kier molecular flexibility index (Phi) is 10.9. The lowest BCUT2D eigenvalue weighted by molar-refractivity contribution is -0.137. The molecule has 1 rings (SSSR count). The summed E-state index contributed by atoms with van der Waals surface area (Å²) in [4.78, 5) is 4.38. The van der Waals surface area contributed by atoms with Crippen LogP contribution in [0.25, 0.3) is 0 Å². The maximum absolute atomic E-state index is 12.9. The molecule has 0 radical (unpaired) electrons. The van der Waals surface area contributed by atoms with Gasteiger partial charge in [0.1, 0.15) is 0 Å². The van der Waals surface area contributed by atoms with Gasteiger partial charge in [0.15, 0.2) is 5.96 Å². The van der Waals surface area contributed by atoms with Crippen molar-refractivity contribution in [2.45, 2.75) is 51.6 Å². The Morgan fingerprint density at radius 3 is 2.41 bits per heavy atom. The van der Waals surface area contributed by atoms with E-state index in [0.29, 0.717) is 30.4 Å². The number of halogens is 4. The van der Waals surface area contributed by atoms with Crippen LogP contribution in [0.3, 0.4) is 0 Å². The minimum absolute atomic E-state index is 0. The van der Waals surface area contributed by atoms with Gasteiger partial charge in [0.2, 0.25) is 0 Å². The molecule has 0 aliphatic carbocycles. The van der Waals surface area contributed by atoms with Gasteiger partial charge in [-0.3, -0.25) is 9.20 Å². The Balaban J connectivity index is 0.00000676. The number of hydrogen-bond acceptors (Lipinski definition) is 2. The fourth-order valence-corrected chi connectivity index (χ4v) is 3.01. The Hall–Kier alpha value is -0.840. The lowest BCUT2D eigenvalue weighted by Crippen LogP contribution is -2.39. The Labute approximate surface area is 179 Å². The van der Waals surface area contributed by atoms with Crippen molar-refractivity contribution in [3.8, 4) is 0 Å². The van der Waals surface area contributed by atoms with Crippen LogP contribution in [-0.4, -0.2) is 33.8 Å². The highest BCUT2D eigenvalue weighted by Crippen LogP contribution is 2.30. The zero-order valence-electron chi connectivity index (χ0n) is 16.3. The molecule has 0 bridgehead atoms. The topological polar surface area (TPSA) is 53.5 Å². The zero-order chi connectivity index (χ0) is 20.0. The number of rotatable bonds is 6. The van der Waals surface area contributed by atoms with E-state index in [2.05, 4.69) is 15.6 Å². The van der Waals surface area contributed by atoms with Crippen LogP contribution in [0, 0.1) is 0 Å². The molecular formula is C18H29F3IN3OS. The number of guanidine groups is 1. The summed E-state index contributed by atoms with van der Waals surface area (Å²) < 4.78 is 50.4. The molecule has 0 fully saturated rings. The third-order valence-corrected chi connectivity index (χ3v) is 5.56. The van der Waals surface area contributed by atoms with Crippen molar-refractivity contribution in [2.24, 2.45) is 4.99 Å². The first-order valence-corrected chi connectivity index (χ1v) is 9.87. The monoisotopic (exact) mass is 519 g/mol. The SMILES string of the molecule is CCNC(=NCCS(=O)C(C)(C)C)NC(C)c1cccc(C(F)(F)F)c1.I. The smallest absolute Gasteiger partial charge is 0.357 e. The lowest BCUT2D eigenvalue weighted by atomic mass is 10.1. The summed E-state index contributed by atoms with van der Waals surface area (Å²) in [6.07, 6.45) is -4.37. The van der Waals surface area contributed by atoms with Gasteiger partial charge in [0, 0.05) is 27.8 Å². The number of aliphatic imine (C=N–C) groups is 1. The summed E-state index contributed by atoms with van der Waals surface area (Å²) in [5, 5.41) is 6.16. The van der Waals surface area contributed by atoms with Crippen LogP contribution in [0.2, 0.25) is 0 Å². The molecule has 27 heavy (non-hydrogen) atoms. The van der Waals surface area contributed by atoms with Gasteiger partial charge in [-0.25, -0.2) is 0 Å². The molecule has 1 aromatic carbocycles. The van der Waals surface area contributed by atoms with Crippen LogP contribution in [0.1, 0.15) is 51.8 Å². The van der Waals surface area contributed by atoms with E-state index in [1.807, 2.05) is 27.7 Å². The number of nitrogens with zero attached hydrogens (tertiary/aromatic N) is 1. The third kappa shape index (κ3) is 9.27. The highest BCUT2D eigenvalue weighted by molar-refractivity contribution is 14.0.